The number of rotatable bonds is 6. The molecule has 2 amide bonds. The third-order valence-corrected chi connectivity index (χ3v) is 6.38. The van der Waals surface area contributed by atoms with E-state index >= 15 is 0 Å². The molecule has 1 aliphatic rings. The van der Waals surface area contributed by atoms with E-state index in [1.54, 1.807) is 31.0 Å². The largest absolute Gasteiger partial charge is 0.465 e. The van der Waals surface area contributed by atoms with E-state index in [-0.39, 0.29) is 17.9 Å². The van der Waals surface area contributed by atoms with Crippen LogP contribution in [0.25, 0.3) is 10.2 Å². The van der Waals surface area contributed by atoms with Crippen LogP contribution in [0.3, 0.4) is 0 Å². The summed E-state index contributed by atoms with van der Waals surface area (Å²) in [6, 6.07) is 13.8. The first kappa shape index (κ1) is 21.4. The monoisotopic (exact) mass is 458 g/mol. The molecule has 0 unspecified atom stereocenters. The molecule has 162 valence electrons. The van der Waals surface area contributed by atoms with Crippen molar-refractivity contribution >= 4 is 50.7 Å². The van der Waals surface area contributed by atoms with Crippen molar-refractivity contribution in [3.63, 3.8) is 0 Å². The number of hydrogen-bond donors (Lipinski definition) is 2. The van der Waals surface area contributed by atoms with Gasteiger partial charge in [0.1, 0.15) is 18.2 Å². The number of hydrogen-bond acceptors (Lipinski definition) is 6. The first-order valence-electron chi connectivity index (χ1n) is 10.0. The van der Waals surface area contributed by atoms with Gasteiger partial charge in [-0.25, -0.2) is 4.98 Å². The molecule has 2 N–H and O–H groups in total. The highest BCUT2D eigenvalue weighted by atomic mass is 35.5. The van der Waals surface area contributed by atoms with Crippen molar-refractivity contribution in [1.29, 1.82) is 0 Å². The third-order valence-electron chi connectivity index (χ3n) is 5.21. The van der Waals surface area contributed by atoms with E-state index in [2.05, 4.69) is 15.6 Å². The number of para-hydroxylation sites is 1. The molecule has 1 fully saturated rings. The van der Waals surface area contributed by atoms with Gasteiger partial charge in [-0.3, -0.25) is 9.59 Å². The van der Waals surface area contributed by atoms with Gasteiger partial charge in [-0.2, -0.15) is 0 Å². The Morgan fingerprint density at radius 3 is 2.81 bits per heavy atom. The molecule has 1 aromatic heterocycles. The number of aromatic nitrogens is 1. The molecule has 1 saturated heterocycles. The number of ether oxygens (including phenoxy) is 1. The van der Waals surface area contributed by atoms with Gasteiger partial charge in [0.15, 0.2) is 0 Å². The van der Waals surface area contributed by atoms with Gasteiger partial charge in [0, 0.05) is 24.2 Å². The quantitative estimate of drug-likeness (QED) is 0.590. The van der Waals surface area contributed by atoms with Crippen molar-refractivity contribution < 1.29 is 14.3 Å². The molecule has 2 heterocycles. The minimum absolute atomic E-state index is 0.177. The molecular formula is C22H23ClN4O3S. The number of amides is 2. The lowest BCUT2D eigenvalue weighted by Crippen LogP contribution is -2.49. The van der Waals surface area contributed by atoms with Crippen LogP contribution in [-0.4, -0.2) is 53.5 Å². The molecule has 0 spiro atoms. The number of fused-ring (bicyclic) bond motifs is 1. The van der Waals surface area contributed by atoms with E-state index in [1.807, 2.05) is 36.4 Å². The summed E-state index contributed by atoms with van der Waals surface area (Å²) in [5.74, 6) is -0.386. The zero-order valence-electron chi connectivity index (χ0n) is 17.2. The number of likely N-dealkylation sites (N-methyl/N-ethyl adjacent to an activating group) is 1. The highest BCUT2D eigenvalue weighted by Crippen LogP contribution is 2.31. The van der Waals surface area contributed by atoms with Crippen LogP contribution >= 0.6 is 22.9 Å². The minimum atomic E-state index is -0.597. The summed E-state index contributed by atoms with van der Waals surface area (Å²) in [5.41, 5.74) is 1.61. The van der Waals surface area contributed by atoms with Gasteiger partial charge < -0.3 is 20.3 Å². The summed E-state index contributed by atoms with van der Waals surface area (Å²) in [7, 11) is 1.57. The van der Waals surface area contributed by atoms with Crippen LogP contribution in [0.15, 0.2) is 48.5 Å². The molecule has 1 aliphatic heterocycles. The lowest BCUT2D eigenvalue weighted by molar-refractivity contribution is -0.138. The number of likely N-dealkylation sites (tertiary alicyclic amines) is 1. The Hall–Kier alpha value is -2.84. The Morgan fingerprint density at radius 2 is 2.06 bits per heavy atom. The molecule has 0 saturated carbocycles. The minimum Gasteiger partial charge on any atom is -0.465 e. The maximum absolute atomic E-state index is 13.2. The normalized spacial score (nSPS) is 19.3. The summed E-state index contributed by atoms with van der Waals surface area (Å²) in [6.45, 7) is 2.08. The summed E-state index contributed by atoms with van der Waals surface area (Å²) in [4.78, 5) is 31.8. The predicted octanol–water partition coefficient (Wildman–Crippen LogP) is 3.54. The molecule has 3 atom stereocenters. The van der Waals surface area contributed by atoms with E-state index < -0.39 is 12.1 Å². The number of halogens is 1. The van der Waals surface area contributed by atoms with E-state index in [0.29, 0.717) is 23.2 Å². The maximum Gasteiger partial charge on any atom is 0.274 e. The van der Waals surface area contributed by atoms with Crippen molar-refractivity contribution in [2.45, 2.75) is 31.5 Å². The number of nitrogens with zero attached hydrogens (tertiary/aromatic N) is 2. The van der Waals surface area contributed by atoms with Gasteiger partial charge in [-0.1, -0.05) is 41.1 Å². The first-order chi connectivity index (χ1) is 14.9. The molecule has 0 radical (unpaired) electrons. The lowest BCUT2D eigenvalue weighted by Gasteiger charge is -2.27. The fourth-order valence-corrected chi connectivity index (χ4v) is 4.80. The van der Waals surface area contributed by atoms with Gasteiger partial charge in [-0.15, -0.1) is 0 Å². The summed E-state index contributed by atoms with van der Waals surface area (Å²) in [5, 5.41) is 6.94. The average Bonchev–Trinajstić information content (AvgIpc) is 3.36. The second kappa shape index (κ2) is 9.11. The van der Waals surface area contributed by atoms with Crippen LogP contribution in [0.2, 0.25) is 5.02 Å². The van der Waals surface area contributed by atoms with Crippen LogP contribution in [0.5, 0.6) is 5.19 Å². The van der Waals surface area contributed by atoms with Gasteiger partial charge in [-0.05, 0) is 37.3 Å². The van der Waals surface area contributed by atoms with Crippen LogP contribution < -0.4 is 15.4 Å². The highest BCUT2D eigenvalue weighted by Gasteiger charge is 2.42. The molecule has 3 aromatic rings. The summed E-state index contributed by atoms with van der Waals surface area (Å²) >= 11 is 7.49. The Labute approximate surface area is 189 Å². The predicted molar refractivity (Wildman–Crippen MR) is 123 cm³/mol. The van der Waals surface area contributed by atoms with Gasteiger partial charge in [0.25, 0.3) is 5.19 Å². The zero-order chi connectivity index (χ0) is 22.0. The summed E-state index contributed by atoms with van der Waals surface area (Å²) < 4.78 is 7.11. The molecular weight excluding hydrogens is 436 g/mol. The smallest absolute Gasteiger partial charge is 0.274 e. The average molecular weight is 459 g/mol. The fraction of sp³-hybridized carbons (Fsp3) is 0.318. The van der Waals surface area contributed by atoms with Crippen molar-refractivity contribution in [2.24, 2.45) is 0 Å². The van der Waals surface area contributed by atoms with Crippen LogP contribution in [0, 0.1) is 0 Å². The topological polar surface area (TPSA) is 83.6 Å². The molecule has 9 heteroatoms. The van der Waals surface area contributed by atoms with Crippen molar-refractivity contribution in [1.82, 2.24) is 15.2 Å². The molecule has 7 nitrogen and oxygen atoms in total. The van der Waals surface area contributed by atoms with Crippen LogP contribution in [-0.2, 0) is 9.59 Å². The third kappa shape index (κ3) is 4.75. The molecule has 2 aromatic carbocycles. The first-order valence-corrected chi connectivity index (χ1v) is 11.2. The number of thiazole rings is 1. The molecule has 0 aliphatic carbocycles. The number of carbonyl (C=O) groups is 2. The Bertz CT molecular complexity index is 1070. The Morgan fingerprint density at radius 1 is 1.26 bits per heavy atom. The van der Waals surface area contributed by atoms with E-state index in [1.165, 1.54) is 11.3 Å². The van der Waals surface area contributed by atoms with E-state index in [9.17, 15) is 9.59 Å². The number of benzene rings is 2. The maximum atomic E-state index is 13.2. The standard InChI is InChI=1S/C22H23ClN4O3S/c1-13(25-15-7-5-6-14(23)10-15)21(29)27-12-16(11-18(27)20(28)24-2)30-22-26-17-8-3-4-9-19(17)31-22/h3-10,13,16,18,25H,11-12H2,1-2H3,(H,24,28)/t13-,16+,18-/m0/s1. The second-order valence-electron chi connectivity index (χ2n) is 7.42. The number of nitrogens with one attached hydrogen (secondary N) is 2. The van der Waals surface area contributed by atoms with Crippen molar-refractivity contribution in [2.75, 3.05) is 18.9 Å². The number of carbonyl (C=O) groups excluding carboxylic acids is 2. The van der Waals surface area contributed by atoms with Crippen LogP contribution in [0.4, 0.5) is 5.69 Å². The SMILES string of the molecule is CNC(=O)[C@@H]1C[C@@H](Oc2nc3ccccc3s2)CN1C(=O)[C@H](C)Nc1cccc(Cl)c1. The second-order valence-corrected chi connectivity index (χ2v) is 8.85. The molecule has 31 heavy (non-hydrogen) atoms. The van der Waals surface area contributed by atoms with Crippen LogP contribution in [0.1, 0.15) is 13.3 Å². The van der Waals surface area contributed by atoms with Gasteiger partial charge in [0.05, 0.1) is 16.8 Å². The Balaban J connectivity index is 1.48. The van der Waals surface area contributed by atoms with Gasteiger partial charge >= 0.3 is 0 Å². The lowest BCUT2D eigenvalue weighted by atomic mass is 10.1. The highest BCUT2D eigenvalue weighted by molar-refractivity contribution is 7.20. The molecule has 4 rings (SSSR count). The molecule has 0 bridgehead atoms. The zero-order valence-corrected chi connectivity index (χ0v) is 18.7. The summed E-state index contributed by atoms with van der Waals surface area (Å²) in [6.07, 6.45) is 0.0933. The Kier molecular flexibility index (Phi) is 6.29. The van der Waals surface area contributed by atoms with Crippen molar-refractivity contribution in [3.05, 3.63) is 53.6 Å². The number of anilines is 1. The van der Waals surface area contributed by atoms with E-state index in [0.717, 1.165) is 15.9 Å². The van der Waals surface area contributed by atoms with E-state index in [4.69, 9.17) is 16.3 Å². The fourth-order valence-electron chi connectivity index (χ4n) is 3.72. The van der Waals surface area contributed by atoms with Crippen molar-refractivity contribution in [3.8, 4) is 5.19 Å². The van der Waals surface area contributed by atoms with Gasteiger partial charge in [0.2, 0.25) is 11.8 Å².